The Morgan fingerprint density at radius 1 is 0.327 bits per heavy atom. The molecule has 2 aromatic heterocycles. The molecule has 0 fully saturated rings. The molecular weight excluding hydrogens is 673 g/mol. The highest BCUT2D eigenvalue weighted by Crippen LogP contribution is 2.41. The van der Waals surface area contributed by atoms with Crippen molar-refractivity contribution in [1.29, 1.82) is 0 Å². The second-order valence-corrected chi connectivity index (χ2v) is 14.0. The van der Waals surface area contributed by atoms with Gasteiger partial charge >= 0.3 is 0 Å². The van der Waals surface area contributed by atoms with Crippen LogP contribution < -0.4 is 4.90 Å². The molecule has 0 radical (unpaired) electrons. The summed E-state index contributed by atoms with van der Waals surface area (Å²) in [6, 6.07) is 68.5. The van der Waals surface area contributed by atoms with E-state index >= 15 is 0 Å². The van der Waals surface area contributed by atoms with Crippen molar-refractivity contribution < 1.29 is 8.83 Å². The van der Waals surface area contributed by atoms with Gasteiger partial charge in [0.05, 0.1) is 0 Å². The molecule has 0 aliphatic carbocycles. The number of furan rings is 1. The Balaban J connectivity index is 1.01. The first-order chi connectivity index (χ1) is 27.2. The van der Waals surface area contributed by atoms with Gasteiger partial charge in [0.1, 0.15) is 16.7 Å². The minimum absolute atomic E-state index is 0.603. The third kappa shape index (κ3) is 5.43. The van der Waals surface area contributed by atoms with Gasteiger partial charge in [-0.3, -0.25) is 0 Å². The number of benzene rings is 9. The monoisotopic (exact) mass is 704 g/mol. The van der Waals surface area contributed by atoms with E-state index in [1.54, 1.807) is 0 Å². The largest absolute Gasteiger partial charge is 0.456 e. The fourth-order valence-electron chi connectivity index (χ4n) is 7.92. The molecule has 0 amide bonds. The first kappa shape index (κ1) is 31.1. The summed E-state index contributed by atoms with van der Waals surface area (Å²) >= 11 is 0. The lowest BCUT2D eigenvalue weighted by atomic mass is 10.00. The van der Waals surface area contributed by atoms with Crippen LogP contribution in [-0.4, -0.2) is 4.98 Å². The van der Waals surface area contributed by atoms with E-state index in [2.05, 4.69) is 163 Å². The molecule has 0 aliphatic heterocycles. The molecule has 0 N–H and O–H groups in total. The van der Waals surface area contributed by atoms with Crippen molar-refractivity contribution in [2.45, 2.75) is 0 Å². The van der Waals surface area contributed by atoms with Gasteiger partial charge < -0.3 is 13.7 Å². The molecule has 258 valence electrons. The Hall–Kier alpha value is -7.43. The van der Waals surface area contributed by atoms with Crippen molar-refractivity contribution in [3.05, 3.63) is 194 Å². The van der Waals surface area contributed by atoms with Crippen LogP contribution in [0.4, 0.5) is 17.1 Å². The first-order valence-corrected chi connectivity index (χ1v) is 18.5. The Morgan fingerprint density at radius 2 is 0.945 bits per heavy atom. The lowest BCUT2D eigenvalue weighted by molar-refractivity contribution is 0.617. The molecule has 0 aliphatic rings. The van der Waals surface area contributed by atoms with E-state index in [1.165, 1.54) is 32.7 Å². The van der Waals surface area contributed by atoms with Crippen LogP contribution in [0.5, 0.6) is 0 Å². The van der Waals surface area contributed by atoms with E-state index in [9.17, 15) is 0 Å². The summed E-state index contributed by atoms with van der Waals surface area (Å²) in [5, 5.41) is 7.00. The van der Waals surface area contributed by atoms with Crippen molar-refractivity contribution >= 4 is 71.6 Å². The van der Waals surface area contributed by atoms with Crippen molar-refractivity contribution in [3.63, 3.8) is 0 Å². The minimum atomic E-state index is 0.603. The maximum absolute atomic E-state index is 6.32. The molecule has 9 aromatic carbocycles. The highest BCUT2D eigenvalue weighted by molar-refractivity contribution is 6.11. The van der Waals surface area contributed by atoms with Gasteiger partial charge in [-0.1, -0.05) is 121 Å². The van der Waals surface area contributed by atoms with Gasteiger partial charge in [0.15, 0.2) is 5.58 Å². The Bertz CT molecular complexity index is 3200. The van der Waals surface area contributed by atoms with Crippen LogP contribution in [0.15, 0.2) is 203 Å². The van der Waals surface area contributed by atoms with Crippen LogP contribution >= 0.6 is 0 Å². The topological polar surface area (TPSA) is 42.4 Å². The highest BCUT2D eigenvalue weighted by Gasteiger charge is 2.17. The van der Waals surface area contributed by atoms with E-state index in [4.69, 9.17) is 13.8 Å². The maximum Gasteiger partial charge on any atom is 0.227 e. The molecule has 0 atom stereocenters. The second kappa shape index (κ2) is 12.6. The standard InChI is InChI=1S/C51H32N2O2/c1-3-10-33(11-4-1)38-15-9-16-41(28-38)53(42-26-22-36-19-18-35-12-7-8-17-43(35)44(36)30-42)40-24-20-34(21-25-40)39-23-27-48-45(29-39)46-31-47-50(32-49(46)54-48)55-51(52-47)37-13-5-2-6-14-37/h1-32H. The number of hydrogen-bond acceptors (Lipinski definition) is 4. The summed E-state index contributed by atoms with van der Waals surface area (Å²) in [5.41, 5.74) is 11.9. The summed E-state index contributed by atoms with van der Waals surface area (Å²) in [7, 11) is 0. The molecule has 11 rings (SSSR count). The van der Waals surface area contributed by atoms with Crippen molar-refractivity contribution in [1.82, 2.24) is 4.98 Å². The zero-order chi connectivity index (χ0) is 36.3. The predicted molar refractivity (Wildman–Crippen MR) is 227 cm³/mol. The molecule has 0 spiro atoms. The van der Waals surface area contributed by atoms with E-state index in [0.29, 0.717) is 11.5 Å². The number of aromatic nitrogens is 1. The van der Waals surface area contributed by atoms with Crippen LogP contribution in [0, 0.1) is 0 Å². The Morgan fingerprint density at radius 3 is 1.78 bits per heavy atom. The number of anilines is 3. The number of nitrogens with zero attached hydrogens (tertiary/aromatic N) is 2. The molecule has 0 unspecified atom stereocenters. The van der Waals surface area contributed by atoms with Crippen molar-refractivity contribution in [2.24, 2.45) is 0 Å². The highest BCUT2D eigenvalue weighted by atomic mass is 16.4. The lowest BCUT2D eigenvalue weighted by Crippen LogP contribution is -2.10. The van der Waals surface area contributed by atoms with Gasteiger partial charge in [-0.2, -0.15) is 0 Å². The molecule has 4 nitrogen and oxygen atoms in total. The van der Waals surface area contributed by atoms with Crippen LogP contribution in [0.1, 0.15) is 0 Å². The molecule has 4 heteroatoms. The summed E-state index contributed by atoms with van der Waals surface area (Å²) in [6.07, 6.45) is 0. The van der Waals surface area contributed by atoms with Gasteiger partial charge in [-0.15, -0.1) is 0 Å². The number of oxazole rings is 1. The molecule has 2 heterocycles. The van der Waals surface area contributed by atoms with E-state index < -0.39 is 0 Å². The van der Waals surface area contributed by atoms with Gasteiger partial charge in [-0.25, -0.2) is 4.98 Å². The summed E-state index contributed by atoms with van der Waals surface area (Å²) in [5.74, 6) is 0.603. The zero-order valence-corrected chi connectivity index (χ0v) is 29.7. The fraction of sp³-hybridized carbons (Fsp3) is 0. The van der Waals surface area contributed by atoms with E-state index in [1.807, 2.05) is 36.4 Å². The normalized spacial score (nSPS) is 11.6. The lowest BCUT2D eigenvalue weighted by Gasteiger charge is -2.27. The van der Waals surface area contributed by atoms with Gasteiger partial charge in [0.2, 0.25) is 5.89 Å². The maximum atomic E-state index is 6.32. The van der Waals surface area contributed by atoms with Crippen molar-refractivity contribution in [2.75, 3.05) is 4.90 Å². The number of rotatable bonds is 6. The SMILES string of the molecule is c1ccc(-c2cccc(N(c3ccc(-c4ccc5oc6cc7oc(-c8ccccc8)nc7cc6c5c4)cc3)c3ccc4ccc5ccccc5c4c3)c2)cc1. The van der Waals surface area contributed by atoms with Crippen LogP contribution in [0.2, 0.25) is 0 Å². The van der Waals surface area contributed by atoms with Gasteiger partial charge in [0, 0.05) is 39.5 Å². The number of fused-ring (bicyclic) bond motifs is 7. The third-order valence-electron chi connectivity index (χ3n) is 10.7. The Kier molecular flexibility index (Phi) is 7.14. The smallest absolute Gasteiger partial charge is 0.227 e. The van der Waals surface area contributed by atoms with E-state index in [-0.39, 0.29) is 0 Å². The first-order valence-electron chi connectivity index (χ1n) is 18.5. The minimum Gasteiger partial charge on any atom is -0.456 e. The van der Waals surface area contributed by atoms with Crippen LogP contribution in [0.3, 0.4) is 0 Å². The van der Waals surface area contributed by atoms with E-state index in [0.717, 1.165) is 61.2 Å². The van der Waals surface area contributed by atoms with Crippen LogP contribution in [0.25, 0.3) is 88.3 Å². The third-order valence-corrected chi connectivity index (χ3v) is 10.7. The molecule has 0 saturated carbocycles. The summed E-state index contributed by atoms with van der Waals surface area (Å²) in [6.45, 7) is 0. The average molecular weight is 705 g/mol. The molecule has 0 bridgehead atoms. The number of hydrogen-bond donors (Lipinski definition) is 0. The van der Waals surface area contributed by atoms with Crippen LogP contribution in [-0.2, 0) is 0 Å². The Labute approximate surface area is 317 Å². The fourth-order valence-corrected chi connectivity index (χ4v) is 7.92. The molecule has 55 heavy (non-hydrogen) atoms. The van der Waals surface area contributed by atoms with Gasteiger partial charge in [0.25, 0.3) is 0 Å². The van der Waals surface area contributed by atoms with Crippen molar-refractivity contribution in [3.8, 4) is 33.7 Å². The zero-order valence-electron chi connectivity index (χ0n) is 29.7. The molecule has 11 aromatic rings. The quantitative estimate of drug-likeness (QED) is 0.162. The second-order valence-electron chi connectivity index (χ2n) is 14.0. The molecule has 0 saturated heterocycles. The van der Waals surface area contributed by atoms with Gasteiger partial charge in [-0.05, 0) is 111 Å². The predicted octanol–water partition coefficient (Wildman–Crippen LogP) is 14.5. The summed E-state index contributed by atoms with van der Waals surface area (Å²) in [4.78, 5) is 7.18. The average Bonchev–Trinajstić information content (AvgIpc) is 3.84. The summed E-state index contributed by atoms with van der Waals surface area (Å²) < 4.78 is 12.5. The molecular formula is C51H32N2O2.